The van der Waals surface area contributed by atoms with Crippen molar-refractivity contribution in [3.63, 3.8) is 0 Å². The van der Waals surface area contributed by atoms with E-state index in [1.807, 2.05) is 9.80 Å². The summed E-state index contributed by atoms with van der Waals surface area (Å²) in [7, 11) is 0. The number of alkyl halides is 3. The number of hydrogen-bond donors (Lipinski definition) is 2. The van der Waals surface area contributed by atoms with E-state index in [-0.39, 0.29) is 84.6 Å². The van der Waals surface area contributed by atoms with Crippen LogP contribution in [0.15, 0.2) is 54.6 Å². The number of nitrogens with one attached hydrogen (secondary N) is 2. The van der Waals surface area contributed by atoms with Crippen molar-refractivity contribution in [3.8, 4) is 17.3 Å². The predicted molar refractivity (Wildman–Crippen MR) is 200 cm³/mol. The van der Waals surface area contributed by atoms with Crippen LogP contribution in [0.4, 0.5) is 47.2 Å². The third kappa shape index (κ3) is 6.51. The highest BCUT2D eigenvalue weighted by Gasteiger charge is 2.49. The van der Waals surface area contributed by atoms with Crippen molar-refractivity contribution in [1.29, 1.82) is 0 Å². The van der Waals surface area contributed by atoms with Gasteiger partial charge in [-0.3, -0.25) is 10.2 Å². The lowest BCUT2D eigenvalue weighted by Crippen LogP contribution is -2.58. The van der Waals surface area contributed by atoms with Gasteiger partial charge in [-0.2, -0.15) is 31.9 Å². The fourth-order valence-corrected chi connectivity index (χ4v) is 9.62. The Morgan fingerprint density at radius 3 is 2.64 bits per heavy atom. The van der Waals surface area contributed by atoms with Gasteiger partial charge >= 0.3 is 18.3 Å². The average Bonchev–Trinajstić information content (AvgIpc) is 3.84. The summed E-state index contributed by atoms with van der Waals surface area (Å²) < 4.78 is 118. The van der Waals surface area contributed by atoms with Crippen molar-refractivity contribution < 1.29 is 45.0 Å². The summed E-state index contributed by atoms with van der Waals surface area (Å²) in [5, 5.41) is 5.79. The Kier molecular flexibility index (Phi) is 9.37. The monoisotopic (exact) mass is 809 g/mol. The van der Waals surface area contributed by atoms with E-state index >= 15 is 8.78 Å². The van der Waals surface area contributed by atoms with Crippen molar-refractivity contribution in [2.75, 3.05) is 36.5 Å². The van der Waals surface area contributed by atoms with Gasteiger partial charge in [0.15, 0.2) is 5.82 Å². The zero-order valence-electron chi connectivity index (χ0n) is 31.3. The Morgan fingerprint density at radius 1 is 1.09 bits per heavy atom. The number of hydrogen-bond acceptors (Lipinski definition) is 9. The van der Waals surface area contributed by atoms with Crippen molar-refractivity contribution in [2.24, 2.45) is 0 Å². The third-order valence-electron chi connectivity index (χ3n) is 12.2. The van der Waals surface area contributed by atoms with Crippen LogP contribution in [0, 0.1) is 18.6 Å². The van der Waals surface area contributed by atoms with E-state index in [4.69, 9.17) is 14.5 Å². The quantitative estimate of drug-likeness (QED) is 0.178. The first-order valence-corrected chi connectivity index (χ1v) is 19.1. The lowest BCUT2D eigenvalue weighted by atomic mass is 9.90. The third-order valence-corrected chi connectivity index (χ3v) is 12.2. The van der Waals surface area contributed by atoms with Gasteiger partial charge in [0.1, 0.15) is 36.2 Å². The Morgan fingerprint density at radius 2 is 1.88 bits per heavy atom. The van der Waals surface area contributed by atoms with Crippen LogP contribution in [-0.4, -0.2) is 75.9 Å². The van der Waals surface area contributed by atoms with Gasteiger partial charge in [-0.1, -0.05) is 36.9 Å². The van der Waals surface area contributed by atoms with Crippen LogP contribution in [-0.2, 0) is 17.5 Å². The van der Waals surface area contributed by atoms with Gasteiger partial charge in [-0.25, -0.2) is 18.6 Å². The van der Waals surface area contributed by atoms with Crippen molar-refractivity contribution in [3.05, 3.63) is 88.5 Å². The second kappa shape index (κ2) is 14.2. The predicted octanol–water partition coefficient (Wildman–Crippen LogP) is 8.54. The number of rotatable bonds is 7. The first-order chi connectivity index (χ1) is 27.7. The van der Waals surface area contributed by atoms with Crippen LogP contribution in [0.3, 0.4) is 0 Å². The molecule has 0 spiro atoms. The van der Waals surface area contributed by atoms with Gasteiger partial charge < -0.3 is 19.7 Å². The molecule has 4 atom stereocenters. The van der Waals surface area contributed by atoms with E-state index < -0.39 is 69.2 Å². The first-order valence-electron chi connectivity index (χ1n) is 19.1. The molecule has 5 aliphatic rings. The average molecular weight is 810 g/mol. The molecule has 9 rings (SSSR count). The van der Waals surface area contributed by atoms with Gasteiger partial charge in [0.05, 0.1) is 27.7 Å². The molecule has 304 valence electrons. The lowest BCUT2D eigenvalue weighted by molar-refractivity contribution is -0.137. The number of halogens is 7. The van der Waals surface area contributed by atoms with E-state index in [1.165, 1.54) is 0 Å². The lowest BCUT2D eigenvalue weighted by Gasteiger charge is -2.41. The SMILES string of the molecule is C=C1C[C@@H]2[C@@H]3CC[C@H](CN2c2nc(OC[C@@]45CCCN4CC(=C(F)F)C5)nc4c(F)c(-c5nc(NC(=O)OCc6ccccc6)cc(C)c5C(F)(F)F)c(F)c1c24)N3. The van der Waals surface area contributed by atoms with Crippen LogP contribution in [0.25, 0.3) is 27.7 Å². The van der Waals surface area contributed by atoms with Gasteiger partial charge in [0, 0.05) is 42.4 Å². The summed E-state index contributed by atoms with van der Waals surface area (Å²) in [6.45, 7) is 6.05. The number of pyridine rings is 1. The second-order valence-electron chi connectivity index (χ2n) is 15.8. The Hall–Kier alpha value is -5.29. The number of carbonyl (C=O) groups excluding carboxylic acids is 1. The molecule has 4 saturated heterocycles. The van der Waals surface area contributed by atoms with E-state index in [0.29, 0.717) is 25.1 Å². The molecule has 1 amide bonds. The number of aromatic nitrogens is 3. The fourth-order valence-electron chi connectivity index (χ4n) is 9.62. The second-order valence-corrected chi connectivity index (χ2v) is 15.8. The van der Waals surface area contributed by atoms with E-state index in [1.54, 1.807) is 30.3 Å². The van der Waals surface area contributed by atoms with Crippen LogP contribution in [0.1, 0.15) is 60.8 Å². The zero-order valence-corrected chi connectivity index (χ0v) is 31.3. The highest BCUT2D eigenvalue weighted by atomic mass is 19.4. The molecule has 2 bridgehead atoms. The van der Waals surface area contributed by atoms with Crippen LogP contribution >= 0.6 is 0 Å². The molecule has 10 nitrogen and oxygen atoms in total. The fraction of sp³-hybridized carbons (Fsp3) is 0.415. The maximum Gasteiger partial charge on any atom is 0.418 e. The highest BCUT2D eigenvalue weighted by Crippen LogP contribution is 2.50. The molecule has 2 N–H and O–H groups in total. The standard InChI is InChI=1S/C41H38F7N7O3/c1-20-13-26-25-10-9-24(49-25)17-55(26)37-29-28(20)32(42)30(33(43)35(29)52-38(53-37)58-19-40-11-6-12-54(40)16-23(15-40)36(44)45)34-31(41(46,47)48)21(2)14-27(50-34)51-39(56)57-18-22-7-4-3-5-8-22/h3-5,7-8,14,24-26,49H,1,6,9-13,15-19H2,2H3,(H,50,51,56)/t24-,25+,26-,40+/m1/s1. The van der Waals surface area contributed by atoms with Crippen LogP contribution in [0.5, 0.6) is 6.01 Å². The maximum absolute atomic E-state index is 17.4. The summed E-state index contributed by atoms with van der Waals surface area (Å²) in [5.74, 6) is -3.10. The van der Waals surface area contributed by atoms with Gasteiger partial charge in [0.2, 0.25) is 0 Å². The number of aryl methyl sites for hydroxylation is 1. The topological polar surface area (TPSA) is 105 Å². The number of fused-ring (bicyclic) bond motifs is 6. The molecule has 2 aromatic heterocycles. The molecule has 7 heterocycles. The molecule has 4 aromatic rings. The summed E-state index contributed by atoms with van der Waals surface area (Å²) in [6.07, 6.45) is -4.78. The zero-order chi connectivity index (χ0) is 40.7. The van der Waals surface area contributed by atoms with Crippen LogP contribution < -0.4 is 20.3 Å². The van der Waals surface area contributed by atoms with E-state index in [2.05, 4.69) is 27.2 Å². The van der Waals surface area contributed by atoms with E-state index in [0.717, 1.165) is 32.3 Å². The maximum atomic E-state index is 17.4. The minimum absolute atomic E-state index is 0.00667. The molecule has 4 fully saturated rings. The number of ether oxygens (including phenoxy) is 2. The van der Waals surface area contributed by atoms with Crippen molar-refractivity contribution >= 4 is 34.2 Å². The minimum atomic E-state index is -5.14. The Balaban J connectivity index is 1.19. The Labute approximate surface area is 328 Å². The van der Waals surface area contributed by atoms with Gasteiger partial charge in [-0.15, -0.1) is 0 Å². The molecule has 58 heavy (non-hydrogen) atoms. The minimum Gasteiger partial charge on any atom is -0.461 e. The molecule has 0 saturated carbocycles. The molecule has 5 aliphatic heterocycles. The largest absolute Gasteiger partial charge is 0.461 e. The number of anilines is 2. The number of amides is 1. The molecule has 17 heteroatoms. The van der Waals surface area contributed by atoms with Crippen molar-refractivity contribution in [2.45, 2.75) is 81.9 Å². The smallest absolute Gasteiger partial charge is 0.418 e. The molecule has 0 aliphatic carbocycles. The number of nitrogens with zero attached hydrogens (tertiary/aromatic N) is 5. The summed E-state index contributed by atoms with van der Waals surface area (Å²) in [4.78, 5) is 29.8. The summed E-state index contributed by atoms with van der Waals surface area (Å²) in [5.41, 5.74) is -4.84. The normalized spacial score (nSPS) is 23.9. The van der Waals surface area contributed by atoms with E-state index in [9.17, 15) is 26.7 Å². The van der Waals surface area contributed by atoms with Gasteiger partial charge in [-0.05, 0) is 74.8 Å². The number of carbonyl (C=O) groups is 1. The van der Waals surface area contributed by atoms with Crippen LogP contribution in [0.2, 0.25) is 0 Å². The summed E-state index contributed by atoms with van der Waals surface area (Å²) >= 11 is 0. The molecule has 0 unspecified atom stereocenters. The van der Waals surface area contributed by atoms with Gasteiger partial charge in [0.25, 0.3) is 6.08 Å². The molecular weight excluding hydrogens is 771 g/mol. The molecular formula is C41H38F7N7O3. The summed E-state index contributed by atoms with van der Waals surface area (Å²) in [6, 6.07) is 8.91. The number of piperazine rings is 1. The highest BCUT2D eigenvalue weighted by molar-refractivity contribution is 6.04. The van der Waals surface area contributed by atoms with Crippen molar-refractivity contribution in [1.82, 2.24) is 25.2 Å². The number of benzene rings is 2. The molecule has 2 aromatic carbocycles. The first kappa shape index (κ1) is 38.2. The molecule has 0 radical (unpaired) electrons. The Bertz CT molecular complexity index is 2390.